The predicted octanol–water partition coefficient (Wildman–Crippen LogP) is 3.96. The highest BCUT2D eigenvalue weighted by atomic mass is 79.9. The Labute approximate surface area is 125 Å². The van der Waals surface area contributed by atoms with Crippen molar-refractivity contribution in [2.75, 3.05) is 0 Å². The number of halogens is 4. The zero-order chi connectivity index (χ0) is 14.8. The van der Waals surface area contributed by atoms with Gasteiger partial charge in [-0.3, -0.25) is 5.84 Å². The number of hydrazine groups is 1. The molecule has 0 saturated heterocycles. The first-order valence-corrected chi connectivity index (χ1v) is 7.12. The van der Waals surface area contributed by atoms with Crippen molar-refractivity contribution in [3.05, 3.63) is 50.6 Å². The van der Waals surface area contributed by atoms with E-state index in [-0.39, 0.29) is 5.75 Å². The van der Waals surface area contributed by atoms with Crippen LogP contribution in [-0.4, -0.2) is 6.36 Å². The van der Waals surface area contributed by atoms with Crippen LogP contribution in [0, 0.1) is 0 Å². The molecule has 0 radical (unpaired) electrons. The number of alkyl halides is 3. The minimum Gasteiger partial charge on any atom is -0.405 e. The summed E-state index contributed by atoms with van der Waals surface area (Å²) in [5.74, 6) is 5.21. The fourth-order valence-electron chi connectivity index (χ4n) is 1.78. The van der Waals surface area contributed by atoms with Gasteiger partial charge in [0.2, 0.25) is 0 Å². The summed E-state index contributed by atoms with van der Waals surface area (Å²) in [7, 11) is 0. The molecule has 8 heteroatoms. The number of nitrogens with two attached hydrogens (primary N) is 1. The van der Waals surface area contributed by atoms with Crippen LogP contribution < -0.4 is 16.0 Å². The van der Waals surface area contributed by atoms with E-state index in [1.165, 1.54) is 29.5 Å². The van der Waals surface area contributed by atoms with E-state index in [0.29, 0.717) is 5.56 Å². The Morgan fingerprint density at radius 3 is 2.55 bits per heavy atom. The van der Waals surface area contributed by atoms with Gasteiger partial charge in [-0.05, 0) is 39.0 Å². The largest absolute Gasteiger partial charge is 0.573 e. The molecular weight excluding hydrogens is 357 g/mol. The van der Waals surface area contributed by atoms with E-state index in [0.717, 1.165) is 9.35 Å². The minimum atomic E-state index is -4.75. The summed E-state index contributed by atoms with van der Waals surface area (Å²) in [6.07, 6.45) is -4.75. The smallest absolute Gasteiger partial charge is 0.405 e. The molecular formula is C12H10BrF3N2OS. The fraction of sp³-hybridized carbons (Fsp3) is 0.167. The van der Waals surface area contributed by atoms with Crippen LogP contribution in [0.25, 0.3) is 0 Å². The normalized spacial score (nSPS) is 13.2. The van der Waals surface area contributed by atoms with Crippen molar-refractivity contribution in [2.45, 2.75) is 12.4 Å². The molecule has 20 heavy (non-hydrogen) atoms. The van der Waals surface area contributed by atoms with Crippen molar-refractivity contribution in [1.82, 2.24) is 5.43 Å². The second kappa shape index (κ2) is 6.13. The van der Waals surface area contributed by atoms with Crippen molar-refractivity contribution in [3.8, 4) is 5.75 Å². The zero-order valence-electron chi connectivity index (χ0n) is 9.95. The molecule has 2 aromatic rings. The first kappa shape index (κ1) is 15.3. The van der Waals surface area contributed by atoms with Crippen LogP contribution in [0.2, 0.25) is 0 Å². The lowest BCUT2D eigenvalue weighted by molar-refractivity contribution is -0.275. The topological polar surface area (TPSA) is 47.3 Å². The maximum Gasteiger partial charge on any atom is 0.573 e. The molecule has 1 aromatic carbocycles. The molecule has 1 heterocycles. The number of ether oxygens (including phenoxy) is 1. The molecule has 0 spiro atoms. The van der Waals surface area contributed by atoms with E-state index in [1.54, 1.807) is 17.5 Å². The van der Waals surface area contributed by atoms with Crippen LogP contribution in [0.1, 0.15) is 17.2 Å². The molecule has 0 amide bonds. The lowest BCUT2D eigenvalue weighted by Crippen LogP contribution is -2.29. The van der Waals surface area contributed by atoms with E-state index < -0.39 is 12.4 Å². The highest BCUT2D eigenvalue weighted by Gasteiger charge is 2.33. The van der Waals surface area contributed by atoms with Crippen LogP contribution in [0.15, 0.2) is 39.5 Å². The summed E-state index contributed by atoms with van der Waals surface area (Å²) >= 11 is 4.73. The first-order chi connectivity index (χ1) is 9.40. The number of benzene rings is 1. The number of nitrogens with one attached hydrogen (secondary N) is 1. The lowest BCUT2D eigenvalue weighted by atomic mass is 10.0. The van der Waals surface area contributed by atoms with Crippen LogP contribution in [-0.2, 0) is 0 Å². The van der Waals surface area contributed by atoms with Crippen molar-refractivity contribution < 1.29 is 17.9 Å². The van der Waals surface area contributed by atoms with Crippen LogP contribution in [0.5, 0.6) is 5.75 Å². The van der Waals surface area contributed by atoms with Crippen LogP contribution in [0.4, 0.5) is 13.2 Å². The van der Waals surface area contributed by atoms with Gasteiger partial charge in [0.25, 0.3) is 0 Å². The summed E-state index contributed by atoms with van der Waals surface area (Å²) in [5, 5.41) is 1.80. The Morgan fingerprint density at radius 2 is 2.00 bits per heavy atom. The molecule has 108 valence electrons. The molecule has 0 bridgehead atoms. The molecule has 3 N–H and O–H groups in total. The quantitative estimate of drug-likeness (QED) is 0.635. The van der Waals surface area contributed by atoms with Crippen LogP contribution in [0.3, 0.4) is 0 Å². The van der Waals surface area contributed by atoms with Crippen LogP contribution >= 0.6 is 27.3 Å². The van der Waals surface area contributed by atoms with Crippen molar-refractivity contribution in [3.63, 3.8) is 0 Å². The molecule has 0 aliphatic carbocycles. The number of thiophene rings is 1. The van der Waals surface area contributed by atoms with Gasteiger partial charge in [-0.25, -0.2) is 5.43 Å². The Kier molecular flexibility index (Phi) is 4.69. The summed E-state index contributed by atoms with van der Waals surface area (Å²) in [6.45, 7) is 0. The zero-order valence-corrected chi connectivity index (χ0v) is 12.3. The Bertz CT molecular complexity index is 588. The Hall–Kier alpha value is -1.09. The van der Waals surface area contributed by atoms with Gasteiger partial charge >= 0.3 is 6.36 Å². The van der Waals surface area contributed by atoms with E-state index in [2.05, 4.69) is 26.1 Å². The number of rotatable bonds is 4. The van der Waals surface area contributed by atoms with E-state index >= 15 is 0 Å². The average molecular weight is 367 g/mol. The van der Waals surface area contributed by atoms with Gasteiger partial charge in [-0.2, -0.15) is 0 Å². The monoisotopic (exact) mass is 366 g/mol. The standard InChI is InChI=1S/C12H10BrF3N2OS/c13-10-5-7(6-20-10)11(18-17)8-3-1-2-4-9(8)19-12(14,15)16/h1-6,11,18H,17H2. The number of hydrogen-bond acceptors (Lipinski definition) is 4. The van der Waals surface area contributed by atoms with Crippen molar-refractivity contribution in [1.29, 1.82) is 0 Å². The van der Waals surface area contributed by atoms with Gasteiger partial charge in [-0.1, -0.05) is 18.2 Å². The second-order valence-electron chi connectivity index (χ2n) is 3.87. The molecule has 0 fully saturated rings. The van der Waals surface area contributed by atoms with Gasteiger partial charge < -0.3 is 4.74 Å². The van der Waals surface area contributed by atoms with E-state index in [9.17, 15) is 13.2 Å². The van der Waals surface area contributed by atoms with E-state index in [1.807, 2.05) is 0 Å². The fourth-order valence-corrected chi connectivity index (χ4v) is 2.98. The summed E-state index contributed by atoms with van der Waals surface area (Å²) in [6, 6.07) is 7.10. The second-order valence-corrected chi connectivity index (χ2v) is 6.16. The highest BCUT2D eigenvalue weighted by molar-refractivity contribution is 9.11. The third-order valence-electron chi connectivity index (χ3n) is 2.54. The molecule has 2 rings (SSSR count). The van der Waals surface area contributed by atoms with Crippen molar-refractivity contribution in [2.24, 2.45) is 5.84 Å². The molecule has 0 aliphatic rings. The predicted molar refractivity (Wildman–Crippen MR) is 74.3 cm³/mol. The molecule has 1 atom stereocenters. The van der Waals surface area contributed by atoms with Crippen molar-refractivity contribution >= 4 is 27.3 Å². The van der Waals surface area contributed by atoms with Gasteiger partial charge in [0.05, 0.1) is 9.83 Å². The molecule has 0 aliphatic heterocycles. The van der Waals surface area contributed by atoms with E-state index in [4.69, 9.17) is 5.84 Å². The van der Waals surface area contributed by atoms with Gasteiger partial charge in [0.15, 0.2) is 0 Å². The molecule has 0 saturated carbocycles. The number of hydrogen-bond donors (Lipinski definition) is 2. The first-order valence-electron chi connectivity index (χ1n) is 5.45. The average Bonchev–Trinajstić information content (AvgIpc) is 2.77. The SMILES string of the molecule is NNC(c1csc(Br)c1)c1ccccc1OC(F)(F)F. The molecule has 1 unspecified atom stereocenters. The Morgan fingerprint density at radius 1 is 1.30 bits per heavy atom. The number of para-hydroxylation sites is 1. The third kappa shape index (κ3) is 3.72. The summed E-state index contributed by atoms with van der Waals surface area (Å²) < 4.78 is 42.2. The maximum absolute atomic E-state index is 12.4. The van der Waals surface area contributed by atoms with Gasteiger partial charge in [-0.15, -0.1) is 24.5 Å². The lowest BCUT2D eigenvalue weighted by Gasteiger charge is -2.19. The maximum atomic E-state index is 12.4. The van der Waals surface area contributed by atoms with Gasteiger partial charge in [0.1, 0.15) is 5.75 Å². The Balaban J connectivity index is 2.39. The minimum absolute atomic E-state index is 0.273. The highest BCUT2D eigenvalue weighted by Crippen LogP contribution is 2.35. The summed E-state index contributed by atoms with van der Waals surface area (Å²) in [5.41, 5.74) is 3.58. The summed E-state index contributed by atoms with van der Waals surface area (Å²) in [4.78, 5) is 0. The molecule has 1 aromatic heterocycles. The third-order valence-corrected chi connectivity index (χ3v) is 4.07. The van der Waals surface area contributed by atoms with Gasteiger partial charge in [0, 0.05) is 5.56 Å². The molecule has 3 nitrogen and oxygen atoms in total.